The molecule has 4 rings (SSSR count). The number of esters is 1. The van der Waals surface area contributed by atoms with Gasteiger partial charge in [-0.3, -0.25) is 4.79 Å². The van der Waals surface area contributed by atoms with Crippen molar-refractivity contribution in [3.8, 4) is 5.75 Å². The normalized spacial score (nSPS) is 12.8. The third-order valence-electron chi connectivity index (χ3n) is 5.23. The number of carbonyl (C=O) groups excluding carboxylic acids is 2. The minimum absolute atomic E-state index is 0.171. The van der Waals surface area contributed by atoms with Gasteiger partial charge in [0, 0.05) is 4.88 Å². The minimum Gasteiger partial charge on any atom is -0.485 e. The quantitative estimate of drug-likeness (QED) is 0.489. The molecule has 0 aliphatic heterocycles. The van der Waals surface area contributed by atoms with Crippen molar-refractivity contribution in [1.29, 1.82) is 0 Å². The van der Waals surface area contributed by atoms with E-state index in [4.69, 9.17) is 13.9 Å². The molecule has 1 amide bonds. The zero-order chi connectivity index (χ0) is 21.8. The number of hydrogen-bond acceptors (Lipinski definition) is 6. The van der Waals surface area contributed by atoms with E-state index in [9.17, 15) is 9.59 Å². The van der Waals surface area contributed by atoms with E-state index < -0.39 is 5.91 Å². The number of nitrogens with one attached hydrogen (secondary N) is 1. The van der Waals surface area contributed by atoms with Crippen LogP contribution in [0.4, 0.5) is 5.00 Å². The summed E-state index contributed by atoms with van der Waals surface area (Å²) in [5.74, 6) is 0.706. The molecule has 2 aromatic heterocycles. The maximum atomic E-state index is 12.8. The molecule has 1 aliphatic carbocycles. The number of hydrogen-bond donors (Lipinski definition) is 1. The summed E-state index contributed by atoms with van der Waals surface area (Å²) in [5.41, 5.74) is 2.53. The van der Waals surface area contributed by atoms with Gasteiger partial charge in [-0.2, -0.15) is 0 Å². The molecule has 1 aromatic carbocycles. The molecule has 0 radical (unpaired) electrons. The van der Waals surface area contributed by atoms with Gasteiger partial charge in [0.15, 0.2) is 5.76 Å². The Balaban J connectivity index is 1.48. The van der Waals surface area contributed by atoms with Gasteiger partial charge in [0.1, 0.15) is 23.1 Å². The molecule has 0 saturated heterocycles. The fourth-order valence-electron chi connectivity index (χ4n) is 3.68. The van der Waals surface area contributed by atoms with Crippen LogP contribution in [-0.2, 0) is 24.2 Å². The Morgan fingerprint density at radius 2 is 1.94 bits per heavy atom. The van der Waals surface area contributed by atoms with Crippen LogP contribution in [0.5, 0.6) is 5.75 Å². The Hall–Kier alpha value is -3.06. The van der Waals surface area contributed by atoms with Crippen molar-refractivity contribution in [3.05, 3.63) is 69.5 Å². The molecular formula is C24H25NO5S. The van der Waals surface area contributed by atoms with Crippen LogP contribution in [0, 0.1) is 6.92 Å². The Kier molecular flexibility index (Phi) is 6.42. The van der Waals surface area contributed by atoms with E-state index >= 15 is 0 Å². The van der Waals surface area contributed by atoms with Gasteiger partial charge in [0.25, 0.3) is 5.91 Å². The fourth-order valence-corrected chi connectivity index (χ4v) is 4.96. The van der Waals surface area contributed by atoms with Crippen LogP contribution in [0.1, 0.15) is 62.4 Å². The zero-order valence-electron chi connectivity index (χ0n) is 17.7. The number of benzene rings is 1. The molecule has 31 heavy (non-hydrogen) atoms. The SMILES string of the molecule is CCOC(=O)c1c(NC(=O)c2ccc(COc3ccccc3C)o2)sc2c1CCCC2. The molecule has 0 bridgehead atoms. The Bertz CT molecular complexity index is 1100. The number of ether oxygens (including phenoxy) is 2. The smallest absolute Gasteiger partial charge is 0.341 e. The number of anilines is 1. The van der Waals surface area contributed by atoms with Crippen LogP contribution in [0.3, 0.4) is 0 Å². The molecule has 0 spiro atoms. The second kappa shape index (κ2) is 9.39. The van der Waals surface area contributed by atoms with Crippen LogP contribution in [0.25, 0.3) is 0 Å². The van der Waals surface area contributed by atoms with Gasteiger partial charge in [-0.15, -0.1) is 11.3 Å². The van der Waals surface area contributed by atoms with Crippen LogP contribution >= 0.6 is 11.3 Å². The van der Waals surface area contributed by atoms with Crippen molar-refractivity contribution in [2.24, 2.45) is 0 Å². The summed E-state index contributed by atoms with van der Waals surface area (Å²) < 4.78 is 16.7. The molecule has 7 heteroatoms. The largest absolute Gasteiger partial charge is 0.485 e. The lowest BCUT2D eigenvalue weighted by molar-refractivity contribution is 0.0526. The number of fused-ring (bicyclic) bond motifs is 1. The number of carbonyl (C=O) groups is 2. The molecule has 6 nitrogen and oxygen atoms in total. The average Bonchev–Trinajstić information content (AvgIpc) is 3.38. The third-order valence-corrected chi connectivity index (χ3v) is 6.43. The molecule has 1 aliphatic rings. The van der Waals surface area contributed by atoms with E-state index in [1.807, 2.05) is 31.2 Å². The molecule has 3 aromatic rings. The van der Waals surface area contributed by atoms with E-state index in [0.29, 0.717) is 22.9 Å². The number of rotatable bonds is 7. The molecule has 0 fully saturated rings. The maximum Gasteiger partial charge on any atom is 0.341 e. The van der Waals surface area contributed by atoms with Gasteiger partial charge in [-0.1, -0.05) is 18.2 Å². The van der Waals surface area contributed by atoms with E-state index in [0.717, 1.165) is 47.4 Å². The van der Waals surface area contributed by atoms with Gasteiger partial charge in [-0.25, -0.2) is 4.79 Å². The lowest BCUT2D eigenvalue weighted by Gasteiger charge is -2.12. The Morgan fingerprint density at radius 3 is 2.74 bits per heavy atom. The first-order valence-corrected chi connectivity index (χ1v) is 11.3. The van der Waals surface area contributed by atoms with Gasteiger partial charge in [0.05, 0.1) is 12.2 Å². The lowest BCUT2D eigenvalue weighted by Crippen LogP contribution is -2.15. The predicted molar refractivity (Wildman–Crippen MR) is 119 cm³/mol. The fraction of sp³-hybridized carbons (Fsp3) is 0.333. The average molecular weight is 440 g/mol. The number of aryl methyl sites for hydroxylation is 2. The van der Waals surface area contributed by atoms with E-state index in [1.165, 1.54) is 11.3 Å². The highest BCUT2D eigenvalue weighted by Crippen LogP contribution is 2.38. The second-order valence-electron chi connectivity index (χ2n) is 7.41. The zero-order valence-corrected chi connectivity index (χ0v) is 18.5. The molecule has 162 valence electrons. The van der Waals surface area contributed by atoms with Crippen molar-refractivity contribution in [2.75, 3.05) is 11.9 Å². The summed E-state index contributed by atoms with van der Waals surface area (Å²) >= 11 is 1.46. The maximum absolute atomic E-state index is 12.8. The highest BCUT2D eigenvalue weighted by molar-refractivity contribution is 7.17. The first-order valence-electron chi connectivity index (χ1n) is 10.5. The standard InChI is InChI=1S/C24H25NO5S/c1-3-28-24(27)21-17-9-5-7-11-20(17)31-23(21)25-22(26)19-13-12-16(30-19)14-29-18-10-6-4-8-15(18)2/h4,6,8,10,12-13H,3,5,7,9,11,14H2,1-2H3,(H,25,26). The van der Waals surface area contributed by atoms with Crippen molar-refractivity contribution in [1.82, 2.24) is 0 Å². The van der Waals surface area contributed by atoms with Crippen molar-refractivity contribution < 1.29 is 23.5 Å². The molecule has 1 N–H and O–H groups in total. The summed E-state index contributed by atoms with van der Waals surface area (Å²) in [6, 6.07) is 11.1. The molecule has 0 unspecified atom stereocenters. The van der Waals surface area contributed by atoms with Crippen LogP contribution < -0.4 is 10.1 Å². The van der Waals surface area contributed by atoms with Gasteiger partial charge in [-0.05, 0) is 68.9 Å². The topological polar surface area (TPSA) is 77.8 Å². The van der Waals surface area contributed by atoms with E-state index in [-0.39, 0.29) is 18.3 Å². The van der Waals surface area contributed by atoms with Gasteiger partial charge in [0.2, 0.25) is 0 Å². The van der Waals surface area contributed by atoms with Crippen molar-refractivity contribution >= 4 is 28.2 Å². The van der Waals surface area contributed by atoms with Gasteiger partial charge < -0.3 is 19.2 Å². The summed E-state index contributed by atoms with van der Waals surface area (Å²) in [4.78, 5) is 26.5. The molecule has 2 heterocycles. The van der Waals surface area contributed by atoms with Crippen LogP contribution in [0.15, 0.2) is 40.8 Å². The predicted octanol–water partition coefficient (Wildman–Crippen LogP) is 5.54. The third kappa shape index (κ3) is 4.66. The summed E-state index contributed by atoms with van der Waals surface area (Å²) in [6.45, 7) is 4.26. The van der Waals surface area contributed by atoms with E-state index in [1.54, 1.807) is 19.1 Å². The number of amides is 1. The van der Waals surface area contributed by atoms with Crippen molar-refractivity contribution in [2.45, 2.75) is 46.1 Å². The van der Waals surface area contributed by atoms with Crippen LogP contribution in [-0.4, -0.2) is 18.5 Å². The van der Waals surface area contributed by atoms with Crippen molar-refractivity contribution in [3.63, 3.8) is 0 Å². The number of para-hydroxylation sites is 1. The monoisotopic (exact) mass is 439 g/mol. The van der Waals surface area contributed by atoms with E-state index in [2.05, 4.69) is 5.32 Å². The summed E-state index contributed by atoms with van der Waals surface area (Å²) in [5, 5.41) is 3.40. The van der Waals surface area contributed by atoms with Gasteiger partial charge >= 0.3 is 5.97 Å². The van der Waals surface area contributed by atoms with Crippen LogP contribution in [0.2, 0.25) is 0 Å². The Labute approximate surface area is 185 Å². The second-order valence-corrected chi connectivity index (χ2v) is 8.51. The molecular weight excluding hydrogens is 414 g/mol. The summed E-state index contributed by atoms with van der Waals surface area (Å²) in [6.07, 6.45) is 3.87. The molecule has 0 saturated carbocycles. The first kappa shape index (κ1) is 21.2. The minimum atomic E-state index is -0.397. The lowest BCUT2D eigenvalue weighted by atomic mass is 9.95. The highest BCUT2D eigenvalue weighted by Gasteiger charge is 2.28. The number of thiophene rings is 1. The summed E-state index contributed by atoms with van der Waals surface area (Å²) in [7, 11) is 0. The molecule has 0 atom stereocenters. The Morgan fingerprint density at radius 1 is 1.13 bits per heavy atom. The number of furan rings is 1. The highest BCUT2D eigenvalue weighted by atomic mass is 32.1. The first-order chi connectivity index (χ1) is 15.1.